The highest BCUT2D eigenvalue weighted by molar-refractivity contribution is 4.58. The summed E-state index contributed by atoms with van der Waals surface area (Å²) in [5.41, 5.74) is 0. The number of hydrogen-bond donors (Lipinski definition) is 0. The van der Waals surface area contributed by atoms with Crippen molar-refractivity contribution in [3.05, 3.63) is 0 Å². The van der Waals surface area contributed by atoms with Gasteiger partial charge in [-0.05, 0) is 11.8 Å². The van der Waals surface area contributed by atoms with Crippen LogP contribution < -0.4 is 0 Å². The van der Waals surface area contributed by atoms with Gasteiger partial charge in [-0.2, -0.15) is 0 Å². The first-order chi connectivity index (χ1) is 19.2. The van der Waals surface area contributed by atoms with Gasteiger partial charge in [-0.3, -0.25) is 0 Å². The molecule has 0 aliphatic carbocycles. The summed E-state index contributed by atoms with van der Waals surface area (Å²) in [5.74, 6) is 1.93. The maximum atomic E-state index is 2.51. The van der Waals surface area contributed by atoms with Crippen molar-refractivity contribution >= 4 is 0 Å². The molecule has 236 valence electrons. The number of hydrogen-bond acceptors (Lipinski definition) is 0. The lowest BCUT2D eigenvalue weighted by molar-refractivity contribution is 0.421. The molecule has 0 heteroatoms. The summed E-state index contributed by atoms with van der Waals surface area (Å²) in [6.45, 7) is 9.64. The monoisotopic (exact) mass is 549 g/mol. The number of rotatable bonds is 34. The van der Waals surface area contributed by atoms with Crippen LogP contribution in [0.3, 0.4) is 0 Å². The van der Waals surface area contributed by atoms with Crippen LogP contribution in [-0.4, -0.2) is 0 Å². The Bertz CT molecular complexity index is 412. The van der Waals surface area contributed by atoms with Crippen LogP contribution in [0.2, 0.25) is 0 Å². The second kappa shape index (κ2) is 34.2. The number of unbranched alkanes of at least 4 members (excludes halogenated alkanes) is 26. The molecule has 2 atom stereocenters. The van der Waals surface area contributed by atoms with Gasteiger partial charge in [0.1, 0.15) is 0 Å². The maximum absolute atomic E-state index is 2.51. The second-order valence-electron chi connectivity index (χ2n) is 13.9. The molecule has 0 heterocycles. The smallest absolute Gasteiger partial charge is 0.0443 e. The predicted octanol–water partition coefficient (Wildman–Crippen LogP) is 15.2. The van der Waals surface area contributed by atoms with Crippen molar-refractivity contribution < 1.29 is 0 Å². The molecule has 0 aromatic heterocycles. The van der Waals surface area contributed by atoms with Crippen LogP contribution in [0.25, 0.3) is 0 Å². The lowest BCUT2D eigenvalue weighted by Crippen LogP contribution is -1.96. The zero-order valence-electron chi connectivity index (χ0n) is 28.5. The minimum absolute atomic E-state index is 0.963. The molecule has 0 nitrogen and oxygen atoms in total. The van der Waals surface area contributed by atoms with E-state index in [-0.39, 0.29) is 0 Å². The summed E-state index contributed by atoms with van der Waals surface area (Å²) in [7, 11) is 0. The van der Waals surface area contributed by atoms with Crippen LogP contribution in [0, 0.1) is 11.8 Å². The molecule has 0 fully saturated rings. The van der Waals surface area contributed by atoms with Gasteiger partial charge in [0.15, 0.2) is 0 Å². The fourth-order valence-electron chi connectivity index (χ4n) is 6.47. The minimum Gasteiger partial charge on any atom is -0.0654 e. The highest BCUT2D eigenvalue weighted by Gasteiger charge is 2.04. The normalized spacial score (nSPS) is 13.2. The van der Waals surface area contributed by atoms with E-state index < -0.39 is 0 Å². The summed E-state index contributed by atoms with van der Waals surface area (Å²) in [6.07, 6.45) is 48.6. The summed E-state index contributed by atoms with van der Waals surface area (Å²) >= 11 is 0. The SMILES string of the molecule is CCCCCCCCCCCCCCC(C)CCCCCCCCCC(C)CCCCCCCCCCCC. The predicted molar refractivity (Wildman–Crippen MR) is 182 cm³/mol. The molecule has 0 amide bonds. The van der Waals surface area contributed by atoms with Gasteiger partial charge in [0.25, 0.3) is 0 Å². The van der Waals surface area contributed by atoms with Gasteiger partial charge in [0, 0.05) is 0 Å². The van der Waals surface area contributed by atoms with Gasteiger partial charge < -0.3 is 0 Å². The van der Waals surface area contributed by atoms with Crippen molar-refractivity contribution in [3.8, 4) is 0 Å². The van der Waals surface area contributed by atoms with Gasteiger partial charge >= 0.3 is 0 Å². The third-order valence-corrected chi connectivity index (χ3v) is 9.49. The van der Waals surface area contributed by atoms with E-state index in [2.05, 4.69) is 27.7 Å². The molecule has 2 unspecified atom stereocenters. The van der Waals surface area contributed by atoms with Crippen LogP contribution in [0.1, 0.15) is 240 Å². The molecule has 0 aliphatic heterocycles. The van der Waals surface area contributed by atoms with E-state index >= 15 is 0 Å². The Morgan fingerprint density at radius 1 is 0.231 bits per heavy atom. The highest BCUT2D eigenvalue weighted by atomic mass is 14.1. The van der Waals surface area contributed by atoms with Crippen LogP contribution in [0.5, 0.6) is 0 Å². The minimum atomic E-state index is 0.963. The van der Waals surface area contributed by atoms with E-state index in [4.69, 9.17) is 0 Å². The highest BCUT2D eigenvalue weighted by Crippen LogP contribution is 2.21. The van der Waals surface area contributed by atoms with Crippen molar-refractivity contribution in [2.75, 3.05) is 0 Å². The lowest BCUT2D eigenvalue weighted by Gasteiger charge is -2.12. The van der Waals surface area contributed by atoms with E-state index in [1.807, 2.05) is 0 Å². The van der Waals surface area contributed by atoms with E-state index in [1.54, 1.807) is 0 Å². The zero-order chi connectivity index (χ0) is 28.5. The molecule has 0 saturated carbocycles. The molecule has 0 N–H and O–H groups in total. The molecular weight excluding hydrogens is 468 g/mol. The van der Waals surface area contributed by atoms with Crippen molar-refractivity contribution in [2.45, 2.75) is 240 Å². The molecule has 39 heavy (non-hydrogen) atoms. The van der Waals surface area contributed by atoms with E-state index in [0.717, 1.165) is 11.8 Å². The summed E-state index contributed by atoms with van der Waals surface area (Å²) in [5, 5.41) is 0. The first-order valence-corrected chi connectivity index (χ1v) is 19.2. The van der Waals surface area contributed by atoms with E-state index in [0.29, 0.717) is 0 Å². The average molecular weight is 549 g/mol. The van der Waals surface area contributed by atoms with Gasteiger partial charge in [-0.25, -0.2) is 0 Å². The topological polar surface area (TPSA) is 0 Å². The zero-order valence-corrected chi connectivity index (χ0v) is 28.5. The molecule has 0 rings (SSSR count). The Labute approximate surface area is 251 Å². The molecule has 0 radical (unpaired) electrons. The largest absolute Gasteiger partial charge is 0.0654 e. The van der Waals surface area contributed by atoms with Crippen LogP contribution in [0.4, 0.5) is 0 Å². The molecular formula is C39H80. The standard InChI is InChI=1S/C39H80/c1-5-7-9-11-13-15-17-18-20-23-27-31-35-39(4)37-33-29-25-21-24-28-32-36-38(3)34-30-26-22-19-16-14-12-10-8-6-2/h38-39H,5-37H2,1-4H3. The molecule has 0 aromatic rings. The van der Waals surface area contributed by atoms with E-state index in [9.17, 15) is 0 Å². The van der Waals surface area contributed by atoms with Crippen molar-refractivity contribution in [2.24, 2.45) is 11.8 Å². The van der Waals surface area contributed by atoms with Crippen molar-refractivity contribution in [1.29, 1.82) is 0 Å². The Morgan fingerprint density at radius 2 is 0.385 bits per heavy atom. The molecule has 0 saturated heterocycles. The summed E-state index contributed by atoms with van der Waals surface area (Å²) in [6, 6.07) is 0. The molecule has 0 aliphatic rings. The molecule has 0 aromatic carbocycles. The van der Waals surface area contributed by atoms with Crippen LogP contribution in [-0.2, 0) is 0 Å². The Balaban J connectivity index is 3.23. The third-order valence-electron chi connectivity index (χ3n) is 9.49. The third kappa shape index (κ3) is 34.1. The second-order valence-corrected chi connectivity index (χ2v) is 13.9. The summed E-state index contributed by atoms with van der Waals surface area (Å²) < 4.78 is 0. The van der Waals surface area contributed by atoms with Crippen LogP contribution in [0.15, 0.2) is 0 Å². The Hall–Kier alpha value is 0. The Kier molecular flexibility index (Phi) is 34.2. The maximum Gasteiger partial charge on any atom is -0.0443 e. The van der Waals surface area contributed by atoms with Gasteiger partial charge in [-0.1, -0.05) is 240 Å². The van der Waals surface area contributed by atoms with E-state index in [1.165, 1.54) is 212 Å². The lowest BCUT2D eigenvalue weighted by atomic mass is 9.95. The molecule has 0 spiro atoms. The Morgan fingerprint density at radius 3 is 0.564 bits per heavy atom. The fourth-order valence-corrected chi connectivity index (χ4v) is 6.47. The quantitative estimate of drug-likeness (QED) is 0.0701. The summed E-state index contributed by atoms with van der Waals surface area (Å²) in [4.78, 5) is 0. The van der Waals surface area contributed by atoms with Gasteiger partial charge in [-0.15, -0.1) is 0 Å². The van der Waals surface area contributed by atoms with Crippen molar-refractivity contribution in [1.82, 2.24) is 0 Å². The average Bonchev–Trinajstić information content (AvgIpc) is 2.93. The molecule has 0 bridgehead atoms. The van der Waals surface area contributed by atoms with Crippen LogP contribution >= 0.6 is 0 Å². The van der Waals surface area contributed by atoms with Gasteiger partial charge in [0.05, 0.1) is 0 Å². The van der Waals surface area contributed by atoms with Gasteiger partial charge in [0.2, 0.25) is 0 Å². The first kappa shape index (κ1) is 39.0. The fraction of sp³-hybridized carbons (Fsp3) is 1.00. The first-order valence-electron chi connectivity index (χ1n) is 19.2. The van der Waals surface area contributed by atoms with Crippen molar-refractivity contribution in [3.63, 3.8) is 0 Å².